The Morgan fingerprint density at radius 1 is 0.435 bits per heavy atom. The lowest BCUT2D eigenvalue weighted by Crippen LogP contribution is -2.26. The first-order valence-electron chi connectivity index (χ1n) is 21.9. The molecular formula is C59H53N3. The second kappa shape index (κ2) is 17.4. The summed E-state index contributed by atoms with van der Waals surface area (Å²) in [5, 5.41) is 20.5. The predicted molar refractivity (Wildman–Crippen MR) is 258 cm³/mol. The van der Waals surface area contributed by atoms with Gasteiger partial charge in [-0.15, -0.1) is 0 Å². The van der Waals surface area contributed by atoms with Crippen molar-refractivity contribution in [2.75, 3.05) is 4.90 Å². The molecule has 0 saturated heterocycles. The Hall–Kier alpha value is -7.20. The molecule has 304 valence electrons. The molecule has 3 heteroatoms. The largest absolute Gasteiger partial charge is 0.310 e. The quantitative estimate of drug-likeness (QED) is 0.174. The Balaban J connectivity index is 0.000000473. The summed E-state index contributed by atoms with van der Waals surface area (Å²) in [5.41, 5.74) is 21.9. The van der Waals surface area contributed by atoms with Gasteiger partial charge in [0.05, 0.1) is 28.7 Å². The highest BCUT2D eigenvalue weighted by Crippen LogP contribution is 2.64. The normalized spacial score (nSPS) is 13.3. The molecule has 0 atom stereocenters. The monoisotopic (exact) mass is 803 g/mol. The number of aryl methyl sites for hydroxylation is 3. The van der Waals surface area contributed by atoms with E-state index >= 15 is 0 Å². The van der Waals surface area contributed by atoms with E-state index < -0.39 is 5.41 Å². The number of hydrogen-bond donors (Lipinski definition) is 0. The molecule has 0 radical (unpaired) electrons. The van der Waals surface area contributed by atoms with Crippen molar-refractivity contribution in [1.82, 2.24) is 0 Å². The van der Waals surface area contributed by atoms with Gasteiger partial charge in [-0.1, -0.05) is 139 Å². The molecule has 0 aromatic heterocycles. The zero-order valence-corrected chi connectivity index (χ0v) is 37.0. The zero-order valence-electron chi connectivity index (χ0n) is 37.0. The van der Waals surface area contributed by atoms with E-state index in [4.69, 9.17) is 0 Å². The van der Waals surface area contributed by atoms with E-state index in [9.17, 15) is 10.5 Å². The lowest BCUT2D eigenvalue weighted by Gasteiger charge is -2.32. The van der Waals surface area contributed by atoms with E-state index in [0.29, 0.717) is 11.1 Å². The summed E-state index contributed by atoms with van der Waals surface area (Å²) in [6.07, 6.45) is 7.75. The second-order valence-electron chi connectivity index (χ2n) is 16.8. The molecule has 0 saturated carbocycles. The van der Waals surface area contributed by atoms with Crippen LogP contribution in [0.25, 0.3) is 22.3 Å². The van der Waals surface area contributed by atoms with E-state index in [2.05, 4.69) is 197 Å². The zero-order chi connectivity index (χ0) is 43.5. The lowest BCUT2D eigenvalue weighted by atomic mass is 9.69. The van der Waals surface area contributed by atoms with Crippen molar-refractivity contribution in [3.8, 4) is 34.4 Å². The van der Waals surface area contributed by atoms with Gasteiger partial charge in [-0.25, -0.2) is 0 Å². The SMILES string of the molecule is CC.CC1=CC=C(C)CC1.Cc1ccc(Cc2ccc3c(c2)C2(c4cc(C#N)ccc4-c4ccc(C#N)cc42)c2cc(N(c4ccc(C)cc4)c4ccc(C)cc4)ccc2-3)cc1. The maximum atomic E-state index is 10.2. The van der Waals surface area contributed by atoms with Gasteiger partial charge in [-0.05, 0) is 170 Å². The van der Waals surface area contributed by atoms with Crippen LogP contribution in [-0.2, 0) is 11.8 Å². The third-order valence-electron chi connectivity index (χ3n) is 12.5. The molecule has 3 aliphatic rings. The van der Waals surface area contributed by atoms with Crippen LogP contribution in [0.5, 0.6) is 0 Å². The topological polar surface area (TPSA) is 50.8 Å². The smallest absolute Gasteiger partial charge is 0.0991 e. The minimum atomic E-state index is -0.736. The van der Waals surface area contributed by atoms with E-state index in [1.807, 2.05) is 26.0 Å². The Morgan fingerprint density at radius 2 is 0.806 bits per heavy atom. The Bertz CT molecular complexity index is 2820. The van der Waals surface area contributed by atoms with Crippen molar-refractivity contribution in [1.29, 1.82) is 10.5 Å². The molecule has 7 aromatic rings. The van der Waals surface area contributed by atoms with E-state index in [-0.39, 0.29) is 0 Å². The van der Waals surface area contributed by atoms with Gasteiger partial charge in [-0.2, -0.15) is 10.5 Å². The van der Waals surface area contributed by atoms with Crippen molar-refractivity contribution in [2.24, 2.45) is 0 Å². The molecule has 0 heterocycles. The van der Waals surface area contributed by atoms with Crippen LogP contribution in [0.4, 0.5) is 17.1 Å². The molecule has 10 rings (SSSR count). The van der Waals surface area contributed by atoms with Gasteiger partial charge in [0.1, 0.15) is 0 Å². The van der Waals surface area contributed by atoms with Crippen molar-refractivity contribution >= 4 is 17.1 Å². The lowest BCUT2D eigenvalue weighted by molar-refractivity contribution is 0.791. The maximum Gasteiger partial charge on any atom is 0.0991 e. The molecule has 0 N–H and O–H groups in total. The maximum absolute atomic E-state index is 10.2. The van der Waals surface area contributed by atoms with Gasteiger partial charge >= 0.3 is 0 Å². The minimum Gasteiger partial charge on any atom is -0.310 e. The summed E-state index contributed by atoms with van der Waals surface area (Å²) in [4.78, 5) is 2.33. The summed E-state index contributed by atoms with van der Waals surface area (Å²) in [6, 6.07) is 56.9. The van der Waals surface area contributed by atoms with Crippen LogP contribution in [0, 0.1) is 43.4 Å². The summed E-state index contributed by atoms with van der Waals surface area (Å²) < 4.78 is 0. The number of rotatable bonds is 5. The van der Waals surface area contributed by atoms with Crippen molar-refractivity contribution in [3.63, 3.8) is 0 Å². The fraction of sp³-hybridized carbons (Fsp3) is 0.186. The number of anilines is 3. The van der Waals surface area contributed by atoms with Crippen molar-refractivity contribution in [2.45, 2.75) is 73.1 Å². The Labute approximate surface area is 368 Å². The molecule has 0 aliphatic heterocycles. The number of fused-ring (bicyclic) bond motifs is 10. The van der Waals surface area contributed by atoms with Crippen LogP contribution < -0.4 is 4.90 Å². The molecule has 7 aromatic carbocycles. The van der Waals surface area contributed by atoms with Crippen LogP contribution in [0.2, 0.25) is 0 Å². The highest BCUT2D eigenvalue weighted by Gasteiger charge is 2.52. The van der Waals surface area contributed by atoms with Crippen LogP contribution >= 0.6 is 0 Å². The fourth-order valence-corrected chi connectivity index (χ4v) is 9.27. The molecule has 0 fully saturated rings. The van der Waals surface area contributed by atoms with Gasteiger partial charge in [0, 0.05) is 17.1 Å². The molecule has 62 heavy (non-hydrogen) atoms. The third-order valence-corrected chi connectivity index (χ3v) is 12.5. The molecule has 0 bridgehead atoms. The molecule has 3 nitrogen and oxygen atoms in total. The molecular weight excluding hydrogens is 751 g/mol. The van der Waals surface area contributed by atoms with Crippen molar-refractivity contribution < 1.29 is 0 Å². The van der Waals surface area contributed by atoms with Gasteiger partial charge in [0.15, 0.2) is 0 Å². The molecule has 0 amide bonds. The van der Waals surface area contributed by atoms with E-state index in [1.165, 1.54) is 62.9 Å². The summed E-state index contributed by atoms with van der Waals surface area (Å²) >= 11 is 0. The van der Waals surface area contributed by atoms with E-state index in [0.717, 1.165) is 56.9 Å². The Morgan fingerprint density at radius 3 is 1.26 bits per heavy atom. The fourth-order valence-electron chi connectivity index (χ4n) is 9.27. The average Bonchev–Trinajstić information content (AvgIpc) is 3.76. The van der Waals surface area contributed by atoms with Gasteiger partial charge < -0.3 is 4.90 Å². The number of hydrogen-bond acceptors (Lipinski definition) is 3. The summed E-state index contributed by atoms with van der Waals surface area (Å²) in [6.45, 7) is 14.7. The summed E-state index contributed by atoms with van der Waals surface area (Å²) in [7, 11) is 0. The predicted octanol–water partition coefficient (Wildman–Crippen LogP) is 15.5. The van der Waals surface area contributed by atoms with Gasteiger partial charge in [0.25, 0.3) is 0 Å². The van der Waals surface area contributed by atoms with Crippen LogP contribution in [-0.4, -0.2) is 0 Å². The number of nitriles is 2. The molecule has 0 unspecified atom stereocenters. The first-order valence-corrected chi connectivity index (χ1v) is 21.9. The van der Waals surface area contributed by atoms with Crippen LogP contribution in [0.15, 0.2) is 169 Å². The summed E-state index contributed by atoms with van der Waals surface area (Å²) in [5.74, 6) is 0. The average molecular weight is 804 g/mol. The Kier molecular flexibility index (Phi) is 11.7. The van der Waals surface area contributed by atoms with E-state index in [1.54, 1.807) is 0 Å². The number of allylic oxidation sites excluding steroid dienone is 4. The van der Waals surface area contributed by atoms with Crippen molar-refractivity contribution in [3.05, 3.63) is 230 Å². The van der Waals surface area contributed by atoms with Crippen LogP contribution in [0.1, 0.15) is 102 Å². The number of nitrogens with zero attached hydrogens (tertiary/aromatic N) is 3. The minimum absolute atomic E-state index is 0.620. The molecule has 1 spiro atoms. The van der Waals surface area contributed by atoms with Gasteiger partial charge in [0.2, 0.25) is 0 Å². The van der Waals surface area contributed by atoms with Crippen LogP contribution in [0.3, 0.4) is 0 Å². The highest BCUT2D eigenvalue weighted by molar-refractivity contribution is 5.97. The first-order chi connectivity index (χ1) is 30.2. The standard InChI is InChI=1S/C49H35N3.C8H12.C2H6/c1-31-4-10-34(11-5-31)24-35-12-20-41-44-23-19-40(52(38-15-6-32(2)7-16-38)39-17-8-33(3)9-18-39)28-48(44)49(45(41)25-35)46-26-36(29-50)13-21-42(46)43-22-14-37(30-51)27-47(43)49;1-7-3-5-8(2)6-4-7;1-2/h4-23,25-28H,24H2,1-3H3;3,5H,4,6H2,1-2H3;1-2H3. The second-order valence-corrected chi connectivity index (χ2v) is 16.8. The third kappa shape index (κ3) is 7.57. The molecule has 3 aliphatic carbocycles. The van der Waals surface area contributed by atoms with Gasteiger partial charge in [-0.3, -0.25) is 0 Å². The first kappa shape index (κ1) is 41.5. The number of benzene rings is 7. The highest BCUT2D eigenvalue weighted by atomic mass is 15.1.